The SMILES string of the molecule is Cc1nn(-c2ccccc2)c(C)c1CNCCC1CC1. The lowest BCUT2D eigenvalue weighted by Crippen LogP contribution is -2.16. The average Bonchev–Trinajstić information content (AvgIpc) is 3.24. The predicted octanol–water partition coefficient (Wildman–Crippen LogP) is 3.38. The number of aryl methyl sites for hydroxylation is 1. The van der Waals surface area contributed by atoms with Gasteiger partial charge in [0.05, 0.1) is 11.4 Å². The van der Waals surface area contributed by atoms with E-state index in [1.54, 1.807) is 0 Å². The Bertz CT molecular complexity index is 567. The van der Waals surface area contributed by atoms with Crippen molar-refractivity contribution in [3.05, 3.63) is 47.3 Å². The van der Waals surface area contributed by atoms with Gasteiger partial charge < -0.3 is 5.32 Å². The van der Waals surface area contributed by atoms with Crippen LogP contribution < -0.4 is 5.32 Å². The number of nitrogens with zero attached hydrogens (tertiary/aromatic N) is 2. The number of hydrogen-bond donors (Lipinski definition) is 1. The van der Waals surface area contributed by atoms with Gasteiger partial charge in [-0.1, -0.05) is 31.0 Å². The van der Waals surface area contributed by atoms with E-state index in [2.05, 4.69) is 48.5 Å². The second kappa shape index (κ2) is 5.80. The van der Waals surface area contributed by atoms with E-state index < -0.39 is 0 Å². The zero-order chi connectivity index (χ0) is 13.9. The number of benzene rings is 1. The van der Waals surface area contributed by atoms with Crippen molar-refractivity contribution in [2.75, 3.05) is 6.54 Å². The molecule has 1 aromatic heterocycles. The lowest BCUT2D eigenvalue weighted by molar-refractivity contribution is 0.610. The molecule has 3 heteroatoms. The zero-order valence-electron chi connectivity index (χ0n) is 12.4. The molecule has 2 aromatic rings. The maximum atomic E-state index is 4.68. The molecule has 1 aliphatic rings. The van der Waals surface area contributed by atoms with E-state index in [0.29, 0.717) is 0 Å². The number of rotatable bonds is 6. The van der Waals surface area contributed by atoms with E-state index >= 15 is 0 Å². The van der Waals surface area contributed by atoms with Gasteiger partial charge in [-0.3, -0.25) is 0 Å². The molecule has 1 aromatic carbocycles. The molecule has 106 valence electrons. The summed E-state index contributed by atoms with van der Waals surface area (Å²) in [5.41, 5.74) is 4.85. The third-order valence-corrected chi connectivity index (χ3v) is 4.17. The molecule has 20 heavy (non-hydrogen) atoms. The Hall–Kier alpha value is -1.61. The Labute approximate surface area is 121 Å². The Balaban J connectivity index is 1.69. The van der Waals surface area contributed by atoms with Crippen LogP contribution in [0.25, 0.3) is 5.69 Å². The van der Waals surface area contributed by atoms with Crippen LogP contribution in [0.3, 0.4) is 0 Å². The fraction of sp³-hybridized carbons (Fsp3) is 0.471. The normalized spacial score (nSPS) is 14.7. The van der Waals surface area contributed by atoms with Crippen molar-refractivity contribution in [1.29, 1.82) is 0 Å². The largest absolute Gasteiger partial charge is 0.313 e. The Morgan fingerprint density at radius 2 is 1.95 bits per heavy atom. The summed E-state index contributed by atoms with van der Waals surface area (Å²) in [6.07, 6.45) is 4.20. The topological polar surface area (TPSA) is 29.9 Å². The highest BCUT2D eigenvalue weighted by Crippen LogP contribution is 2.31. The monoisotopic (exact) mass is 269 g/mol. The van der Waals surface area contributed by atoms with Crippen LogP contribution in [0.15, 0.2) is 30.3 Å². The maximum absolute atomic E-state index is 4.68. The average molecular weight is 269 g/mol. The Kier molecular flexibility index (Phi) is 3.88. The molecule has 0 radical (unpaired) electrons. The molecule has 0 bridgehead atoms. The van der Waals surface area contributed by atoms with Gasteiger partial charge in [0, 0.05) is 17.8 Å². The van der Waals surface area contributed by atoms with Crippen molar-refractivity contribution < 1.29 is 0 Å². The molecule has 0 atom stereocenters. The van der Waals surface area contributed by atoms with Gasteiger partial charge in [-0.05, 0) is 44.9 Å². The molecule has 1 aliphatic carbocycles. The first kappa shape index (κ1) is 13.4. The maximum Gasteiger partial charge on any atom is 0.0648 e. The molecular formula is C17H23N3. The Morgan fingerprint density at radius 1 is 1.20 bits per heavy atom. The Morgan fingerprint density at radius 3 is 2.65 bits per heavy atom. The summed E-state index contributed by atoms with van der Waals surface area (Å²) in [6.45, 7) is 6.31. The van der Waals surface area contributed by atoms with Crippen LogP contribution in [0.4, 0.5) is 0 Å². The highest BCUT2D eigenvalue weighted by Gasteiger charge is 2.20. The van der Waals surface area contributed by atoms with Crippen molar-refractivity contribution >= 4 is 0 Å². The minimum Gasteiger partial charge on any atom is -0.313 e. The molecule has 1 heterocycles. The summed E-state index contributed by atoms with van der Waals surface area (Å²) >= 11 is 0. The van der Waals surface area contributed by atoms with E-state index in [1.165, 1.54) is 30.5 Å². The van der Waals surface area contributed by atoms with E-state index in [9.17, 15) is 0 Å². The fourth-order valence-electron chi connectivity index (χ4n) is 2.68. The lowest BCUT2D eigenvalue weighted by atomic mass is 10.2. The van der Waals surface area contributed by atoms with Crippen LogP contribution in [0.5, 0.6) is 0 Å². The summed E-state index contributed by atoms with van der Waals surface area (Å²) in [7, 11) is 0. The van der Waals surface area contributed by atoms with Gasteiger partial charge >= 0.3 is 0 Å². The minimum atomic E-state index is 0.928. The van der Waals surface area contributed by atoms with E-state index in [4.69, 9.17) is 0 Å². The third kappa shape index (κ3) is 2.93. The van der Waals surface area contributed by atoms with Crippen LogP contribution in [0.2, 0.25) is 0 Å². The molecule has 0 saturated heterocycles. The smallest absolute Gasteiger partial charge is 0.0648 e. The van der Waals surface area contributed by atoms with Crippen molar-refractivity contribution in [3.8, 4) is 5.69 Å². The first-order valence-electron chi connectivity index (χ1n) is 7.57. The summed E-state index contributed by atoms with van der Waals surface area (Å²) in [6, 6.07) is 10.3. The summed E-state index contributed by atoms with van der Waals surface area (Å²) < 4.78 is 2.05. The molecule has 3 nitrogen and oxygen atoms in total. The van der Waals surface area contributed by atoms with Crippen LogP contribution >= 0.6 is 0 Å². The van der Waals surface area contributed by atoms with Crippen LogP contribution in [0.1, 0.15) is 36.2 Å². The van der Waals surface area contributed by atoms with Gasteiger partial charge in [0.15, 0.2) is 0 Å². The third-order valence-electron chi connectivity index (χ3n) is 4.17. The molecule has 3 rings (SSSR count). The molecule has 1 fully saturated rings. The molecule has 1 saturated carbocycles. The van der Waals surface area contributed by atoms with Crippen LogP contribution in [0, 0.1) is 19.8 Å². The van der Waals surface area contributed by atoms with Crippen molar-refractivity contribution in [1.82, 2.24) is 15.1 Å². The standard InChI is InChI=1S/C17H23N3/c1-13-17(12-18-11-10-15-8-9-15)14(2)20(19-13)16-6-4-3-5-7-16/h3-7,15,18H,8-12H2,1-2H3. The fourth-order valence-corrected chi connectivity index (χ4v) is 2.68. The lowest BCUT2D eigenvalue weighted by Gasteiger charge is -2.06. The first-order chi connectivity index (χ1) is 9.75. The van der Waals surface area contributed by atoms with E-state index in [0.717, 1.165) is 30.4 Å². The van der Waals surface area contributed by atoms with E-state index in [1.807, 2.05) is 10.7 Å². The number of hydrogen-bond acceptors (Lipinski definition) is 2. The molecule has 0 unspecified atom stereocenters. The summed E-state index contributed by atoms with van der Waals surface area (Å²) in [4.78, 5) is 0. The van der Waals surface area contributed by atoms with Crippen LogP contribution in [-0.4, -0.2) is 16.3 Å². The van der Waals surface area contributed by atoms with Gasteiger partial charge in [0.25, 0.3) is 0 Å². The molecule has 0 amide bonds. The second-order valence-electron chi connectivity index (χ2n) is 5.81. The van der Waals surface area contributed by atoms with Gasteiger partial charge in [-0.25, -0.2) is 4.68 Å². The van der Waals surface area contributed by atoms with Gasteiger partial charge in [0.1, 0.15) is 0 Å². The first-order valence-corrected chi connectivity index (χ1v) is 7.57. The summed E-state index contributed by atoms with van der Waals surface area (Å²) in [5, 5.41) is 8.25. The van der Waals surface area contributed by atoms with Gasteiger partial charge in [-0.2, -0.15) is 5.10 Å². The van der Waals surface area contributed by atoms with Crippen molar-refractivity contribution in [3.63, 3.8) is 0 Å². The van der Waals surface area contributed by atoms with Gasteiger partial charge in [0.2, 0.25) is 0 Å². The zero-order valence-corrected chi connectivity index (χ0v) is 12.4. The predicted molar refractivity (Wildman–Crippen MR) is 82.1 cm³/mol. The molecule has 0 aliphatic heterocycles. The van der Waals surface area contributed by atoms with Gasteiger partial charge in [-0.15, -0.1) is 0 Å². The number of para-hydroxylation sites is 1. The minimum absolute atomic E-state index is 0.928. The number of nitrogens with one attached hydrogen (secondary N) is 1. The molecule has 0 spiro atoms. The second-order valence-corrected chi connectivity index (χ2v) is 5.81. The quantitative estimate of drug-likeness (QED) is 0.815. The highest BCUT2D eigenvalue weighted by atomic mass is 15.3. The van der Waals surface area contributed by atoms with Crippen molar-refractivity contribution in [2.24, 2.45) is 5.92 Å². The van der Waals surface area contributed by atoms with Crippen LogP contribution in [-0.2, 0) is 6.54 Å². The molecule has 1 N–H and O–H groups in total. The summed E-state index contributed by atoms with van der Waals surface area (Å²) in [5.74, 6) is 0.997. The van der Waals surface area contributed by atoms with Crippen molar-refractivity contribution in [2.45, 2.75) is 39.7 Å². The molecular weight excluding hydrogens is 246 g/mol. The number of aromatic nitrogens is 2. The van der Waals surface area contributed by atoms with E-state index in [-0.39, 0.29) is 0 Å². The highest BCUT2D eigenvalue weighted by molar-refractivity contribution is 5.36.